The monoisotopic (exact) mass is 211 g/mol. The Hall–Kier alpha value is -1.58. The molecule has 15 heavy (non-hydrogen) atoms. The van der Waals surface area contributed by atoms with Crippen molar-refractivity contribution >= 4 is 5.91 Å². The first-order valence-electron chi connectivity index (χ1n) is 4.88. The number of hydrogen-bond acceptors (Lipinski definition) is 2. The summed E-state index contributed by atoms with van der Waals surface area (Å²) in [5, 5.41) is 9.41. The molecule has 0 spiro atoms. The molecule has 0 aliphatic heterocycles. The van der Waals surface area contributed by atoms with Gasteiger partial charge in [-0.05, 0) is 26.0 Å². The molecular formula is C11H14FNO2. The summed E-state index contributed by atoms with van der Waals surface area (Å²) in [6.45, 7) is 4.82. The topological polar surface area (TPSA) is 40.5 Å². The minimum Gasteiger partial charge on any atom is -0.507 e. The molecule has 0 heterocycles. The van der Waals surface area contributed by atoms with Crippen LogP contribution in [0.5, 0.6) is 5.75 Å². The minimum atomic E-state index is -0.552. The molecule has 0 aromatic heterocycles. The molecule has 1 aromatic rings. The molecule has 1 rings (SSSR count). The van der Waals surface area contributed by atoms with E-state index in [9.17, 15) is 14.3 Å². The fourth-order valence-corrected chi connectivity index (χ4v) is 1.37. The summed E-state index contributed by atoms with van der Waals surface area (Å²) in [6, 6.07) is 3.40. The molecule has 1 aromatic carbocycles. The summed E-state index contributed by atoms with van der Waals surface area (Å²) in [5.41, 5.74) is 0.139. The van der Waals surface area contributed by atoms with Crippen molar-refractivity contribution in [2.24, 2.45) is 0 Å². The predicted octanol–water partition coefficient (Wildman–Crippen LogP) is 2.01. The lowest BCUT2D eigenvalue weighted by Gasteiger charge is -2.18. The van der Waals surface area contributed by atoms with Crippen LogP contribution in [-0.4, -0.2) is 29.0 Å². The van der Waals surface area contributed by atoms with E-state index >= 15 is 0 Å². The number of nitrogens with zero attached hydrogens (tertiary/aromatic N) is 1. The van der Waals surface area contributed by atoms with E-state index in [1.165, 1.54) is 6.07 Å². The summed E-state index contributed by atoms with van der Waals surface area (Å²) in [4.78, 5) is 13.3. The maximum Gasteiger partial charge on any atom is 0.257 e. The number of phenols is 1. The molecule has 0 aliphatic carbocycles. The van der Waals surface area contributed by atoms with Crippen LogP contribution in [0.25, 0.3) is 0 Å². The lowest BCUT2D eigenvalue weighted by atomic mass is 10.1. The van der Waals surface area contributed by atoms with Gasteiger partial charge in [0.25, 0.3) is 5.91 Å². The Balaban J connectivity index is 3.00. The second-order valence-corrected chi connectivity index (χ2v) is 3.14. The molecule has 1 amide bonds. The Morgan fingerprint density at radius 2 is 2.00 bits per heavy atom. The third-order valence-electron chi connectivity index (χ3n) is 2.24. The van der Waals surface area contributed by atoms with Crippen molar-refractivity contribution in [3.8, 4) is 5.75 Å². The number of rotatable bonds is 3. The summed E-state index contributed by atoms with van der Waals surface area (Å²) < 4.78 is 12.7. The number of aromatic hydroxyl groups is 1. The first kappa shape index (κ1) is 11.5. The Morgan fingerprint density at radius 1 is 1.40 bits per heavy atom. The summed E-state index contributed by atoms with van der Waals surface area (Å²) in [6.07, 6.45) is 0. The number of amides is 1. The highest BCUT2D eigenvalue weighted by Crippen LogP contribution is 2.19. The molecule has 0 saturated carbocycles. The molecule has 0 bridgehead atoms. The Morgan fingerprint density at radius 3 is 2.47 bits per heavy atom. The van der Waals surface area contributed by atoms with E-state index in [0.717, 1.165) is 12.1 Å². The third-order valence-corrected chi connectivity index (χ3v) is 2.24. The van der Waals surface area contributed by atoms with E-state index in [-0.39, 0.29) is 17.2 Å². The van der Waals surface area contributed by atoms with Gasteiger partial charge < -0.3 is 10.0 Å². The van der Waals surface area contributed by atoms with Crippen LogP contribution in [0, 0.1) is 5.82 Å². The van der Waals surface area contributed by atoms with Gasteiger partial charge in [0.15, 0.2) is 0 Å². The van der Waals surface area contributed by atoms with Gasteiger partial charge in [-0.3, -0.25) is 4.79 Å². The normalized spacial score (nSPS) is 10.1. The SMILES string of the molecule is CCN(CC)C(=O)c1ccc(F)cc1O. The van der Waals surface area contributed by atoms with E-state index < -0.39 is 5.82 Å². The number of phenolic OH excluding ortho intramolecular Hbond substituents is 1. The van der Waals surface area contributed by atoms with E-state index in [0.29, 0.717) is 13.1 Å². The van der Waals surface area contributed by atoms with Gasteiger partial charge in [-0.1, -0.05) is 0 Å². The van der Waals surface area contributed by atoms with Gasteiger partial charge in [0, 0.05) is 19.2 Å². The summed E-state index contributed by atoms with van der Waals surface area (Å²) in [7, 11) is 0. The smallest absolute Gasteiger partial charge is 0.257 e. The van der Waals surface area contributed by atoms with Crippen molar-refractivity contribution in [1.29, 1.82) is 0 Å². The number of hydrogen-bond donors (Lipinski definition) is 1. The van der Waals surface area contributed by atoms with Crippen molar-refractivity contribution < 1.29 is 14.3 Å². The Kier molecular flexibility index (Phi) is 3.66. The lowest BCUT2D eigenvalue weighted by Crippen LogP contribution is -2.30. The zero-order chi connectivity index (χ0) is 11.4. The molecule has 3 nitrogen and oxygen atoms in total. The maximum atomic E-state index is 12.7. The van der Waals surface area contributed by atoms with Crippen LogP contribution < -0.4 is 0 Å². The molecule has 1 N–H and O–H groups in total. The van der Waals surface area contributed by atoms with E-state index in [4.69, 9.17) is 0 Å². The standard InChI is InChI=1S/C11H14FNO2/c1-3-13(4-2)11(15)9-6-5-8(12)7-10(9)14/h5-7,14H,3-4H2,1-2H3. The van der Waals surface area contributed by atoms with Crippen LogP contribution in [0.2, 0.25) is 0 Å². The molecule has 0 fully saturated rings. The predicted molar refractivity (Wildman–Crippen MR) is 55.3 cm³/mol. The van der Waals surface area contributed by atoms with Gasteiger partial charge in [-0.2, -0.15) is 0 Å². The second-order valence-electron chi connectivity index (χ2n) is 3.14. The van der Waals surface area contributed by atoms with Crippen LogP contribution in [0.15, 0.2) is 18.2 Å². The van der Waals surface area contributed by atoms with E-state index in [2.05, 4.69) is 0 Å². The molecular weight excluding hydrogens is 197 g/mol. The molecule has 4 heteroatoms. The van der Waals surface area contributed by atoms with Gasteiger partial charge in [-0.25, -0.2) is 4.39 Å². The van der Waals surface area contributed by atoms with E-state index in [1.54, 1.807) is 4.90 Å². The third kappa shape index (κ3) is 2.46. The van der Waals surface area contributed by atoms with Crippen LogP contribution in [0.4, 0.5) is 4.39 Å². The van der Waals surface area contributed by atoms with Crippen molar-refractivity contribution in [2.75, 3.05) is 13.1 Å². The van der Waals surface area contributed by atoms with Crippen LogP contribution in [0.1, 0.15) is 24.2 Å². The molecule has 0 unspecified atom stereocenters. The highest BCUT2D eigenvalue weighted by Gasteiger charge is 2.16. The van der Waals surface area contributed by atoms with Gasteiger partial charge in [0.1, 0.15) is 11.6 Å². The quantitative estimate of drug-likeness (QED) is 0.830. The minimum absolute atomic E-state index is 0.139. The zero-order valence-corrected chi connectivity index (χ0v) is 8.83. The van der Waals surface area contributed by atoms with Crippen molar-refractivity contribution in [2.45, 2.75) is 13.8 Å². The van der Waals surface area contributed by atoms with Crippen molar-refractivity contribution in [1.82, 2.24) is 4.90 Å². The lowest BCUT2D eigenvalue weighted by molar-refractivity contribution is 0.0770. The van der Waals surface area contributed by atoms with Crippen LogP contribution in [0.3, 0.4) is 0 Å². The first-order valence-corrected chi connectivity index (χ1v) is 4.88. The average molecular weight is 211 g/mol. The summed E-state index contributed by atoms with van der Waals surface area (Å²) >= 11 is 0. The van der Waals surface area contributed by atoms with Gasteiger partial charge in [0.05, 0.1) is 5.56 Å². The second kappa shape index (κ2) is 4.77. The van der Waals surface area contributed by atoms with Gasteiger partial charge in [0.2, 0.25) is 0 Å². The van der Waals surface area contributed by atoms with Crippen molar-refractivity contribution in [3.05, 3.63) is 29.6 Å². The van der Waals surface area contributed by atoms with Gasteiger partial charge >= 0.3 is 0 Å². The maximum absolute atomic E-state index is 12.7. The molecule has 82 valence electrons. The number of benzene rings is 1. The highest BCUT2D eigenvalue weighted by atomic mass is 19.1. The molecule has 0 aliphatic rings. The number of halogens is 1. The summed E-state index contributed by atoms with van der Waals surface area (Å²) in [5.74, 6) is -1.15. The average Bonchev–Trinajstić information content (AvgIpc) is 2.19. The van der Waals surface area contributed by atoms with Crippen molar-refractivity contribution in [3.63, 3.8) is 0 Å². The fourth-order valence-electron chi connectivity index (χ4n) is 1.37. The van der Waals surface area contributed by atoms with Crippen LogP contribution >= 0.6 is 0 Å². The molecule has 0 radical (unpaired) electrons. The highest BCUT2D eigenvalue weighted by molar-refractivity contribution is 5.96. The van der Waals surface area contributed by atoms with E-state index in [1.807, 2.05) is 13.8 Å². The first-order chi connectivity index (χ1) is 7.10. The fraction of sp³-hybridized carbons (Fsp3) is 0.364. The zero-order valence-electron chi connectivity index (χ0n) is 8.83. The molecule has 0 saturated heterocycles. The number of carbonyl (C=O) groups is 1. The Bertz CT molecular complexity index is 362. The largest absolute Gasteiger partial charge is 0.507 e. The Labute approximate surface area is 88.1 Å². The van der Waals surface area contributed by atoms with Crippen LogP contribution in [-0.2, 0) is 0 Å². The number of carbonyl (C=O) groups excluding carboxylic acids is 1. The van der Waals surface area contributed by atoms with Gasteiger partial charge in [-0.15, -0.1) is 0 Å². The molecule has 0 atom stereocenters.